The number of anilines is 1. The summed E-state index contributed by atoms with van der Waals surface area (Å²) in [7, 11) is 0. The van der Waals surface area contributed by atoms with E-state index in [1.54, 1.807) is 6.20 Å². The zero-order valence-electron chi connectivity index (χ0n) is 9.57. The van der Waals surface area contributed by atoms with E-state index >= 15 is 0 Å². The van der Waals surface area contributed by atoms with Gasteiger partial charge in [-0.05, 0) is 31.9 Å². The normalized spacial score (nSPS) is 15.2. The molecule has 16 heavy (non-hydrogen) atoms. The number of nitrogens with one attached hydrogen (secondary N) is 1. The molecule has 0 bridgehead atoms. The maximum absolute atomic E-state index is 11.5. The molecule has 4 heteroatoms. The van der Waals surface area contributed by atoms with Gasteiger partial charge in [0.25, 0.3) is 5.91 Å². The summed E-state index contributed by atoms with van der Waals surface area (Å²) < 4.78 is 0. The summed E-state index contributed by atoms with van der Waals surface area (Å²) in [4.78, 5) is 18.1. The van der Waals surface area contributed by atoms with Gasteiger partial charge in [0.2, 0.25) is 0 Å². The van der Waals surface area contributed by atoms with Crippen LogP contribution in [0.25, 0.3) is 0 Å². The molecule has 0 aromatic carbocycles. The Morgan fingerprint density at radius 3 is 2.75 bits per heavy atom. The first kappa shape index (κ1) is 10.9. The van der Waals surface area contributed by atoms with E-state index in [0.717, 1.165) is 18.9 Å². The standard InChI is InChI=1S/C12H17N3O/c1-2-13-12(16)10-5-6-11(14-9-10)15-7-3-4-8-15/h5-6,9H,2-4,7-8H2,1H3,(H,13,16). The largest absolute Gasteiger partial charge is 0.357 e. The number of pyridine rings is 1. The van der Waals surface area contributed by atoms with E-state index in [9.17, 15) is 4.79 Å². The van der Waals surface area contributed by atoms with Crippen LogP contribution < -0.4 is 10.2 Å². The van der Waals surface area contributed by atoms with Gasteiger partial charge < -0.3 is 10.2 Å². The smallest absolute Gasteiger partial charge is 0.252 e. The van der Waals surface area contributed by atoms with E-state index in [2.05, 4.69) is 15.2 Å². The lowest BCUT2D eigenvalue weighted by molar-refractivity contribution is 0.0955. The molecule has 0 atom stereocenters. The van der Waals surface area contributed by atoms with E-state index in [1.807, 2.05) is 19.1 Å². The fraction of sp³-hybridized carbons (Fsp3) is 0.500. The molecule has 4 nitrogen and oxygen atoms in total. The number of rotatable bonds is 3. The van der Waals surface area contributed by atoms with Gasteiger partial charge in [-0.3, -0.25) is 4.79 Å². The third-order valence-corrected chi connectivity index (χ3v) is 2.78. The number of carbonyl (C=O) groups excluding carboxylic acids is 1. The molecule has 2 heterocycles. The molecule has 1 amide bonds. The summed E-state index contributed by atoms with van der Waals surface area (Å²) >= 11 is 0. The molecule has 0 spiro atoms. The van der Waals surface area contributed by atoms with Gasteiger partial charge in [-0.1, -0.05) is 0 Å². The van der Waals surface area contributed by atoms with Crippen molar-refractivity contribution in [3.63, 3.8) is 0 Å². The van der Waals surface area contributed by atoms with Gasteiger partial charge in [0.1, 0.15) is 5.82 Å². The lowest BCUT2D eigenvalue weighted by Crippen LogP contribution is -2.23. The monoisotopic (exact) mass is 219 g/mol. The molecular formula is C12H17N3O. The van der Waals surface area contributed by atoms with Crippen LogP contribution in [0.4, 0.5) is 5.82 Å². The van der Waals surface area contributed by atoms with Crippen molar-refractivity contribution in [2.45, 2.75) is 19.8 Å². The SMILES string of the molecule is CCNC(=O)c1ccc(N2CCCC2)nc1. The van der Waals surface area contributed by atoms with Crippen LogP contribution in [0.2, 0.25) is 0 Å². The van der Waals surface area contributed by atoms with Gasteiger partial charge >= 0.3 is 0 Å². The molecule has 1 aliphatic heterocycles. The van der Waals surface area contributed by atoms with Crippen LogP contribution in [0.15, 0.2) is 18.3 Å². The number of aromatic nitrogens is 1. The van der Waals surface area contributed by atoms with Crippen molar-refractivity contribution in [2.24, 2.45) is 0 Å². The molecule has 2 rings (SSSR count). The van der Waals surface area contributed by atoms with Crippen molar-refractivity contribution >= 4 is 11.7 Å². The fourth-order valence-corrected chi connectivity index (χ4v) is 1.92. The maximum Gasteiger partial charge on any atom is 0.252 e. The van der Waals surface area contributed by atoms with Crippen molar-refractivity contribution in [2.75, 3.05) is 24.5 Å². The van der Waals surface area contributed by atoms with Crippen LogP contribution in [0.5, 0.6) is 0 Å². The van der Waals surface area contributed by atoms with Crippen LogP contribution in [-0.4, -0.2) is 30.5 Å². The summed E-state index contributed by atoms with van der Waals surface area (Å²) in [6, 6.07) is 3.77. The first-order valence-corrected chi connectivity index (χ1v) is 5.80. The molecule has 0 radical (unpaired) electrons. The van der Waals surface area contributed by atoms with Crippen LogP contribution in [0.1, 0.15) is 30.1 Å². The van der Waals surface area contributed by atoms with E-state index in [1.165, 1.54) is 12.8 Å². The average Bonchev–Trinajstić information content (AvgIpc) is 2.83. The average molecular weight is 219 g/mol. The van der Waals surface area contributed by atoms with Gasteiger partial charge in [-0.25, -0.2) is 4.98 Å². The summed E-state index contributed by atoms with van der Waals surface area (Å²) in [5.74, 6) is 0.925. The van der Waals surface area contributed by atoms with E-state index in [-0.39, 0.29) is 5.91 Å². The van der Waals surface area contributed by atoms with Crippen LogP contribution in [0, 0.1) is 0 Å². The Labute approximate surface area is 95.7 Å². The molecule has 86 valence electrons. The quantitative estimate of drug-likeness (QED) is 0.836. The molecule has 1 N–H and O–H groups in total. The third-order valence-electron chi connectivity index (χ3n) is 2.78. The molecule has 1 aliphatic rings. The number of hydrogen-bond acceptors (Lipinski definition) is 3. The molecule has 1 aromatic heterocycles. The Hall–Kier alpha value is -1.58. The van der Waals surface area contributed by atoms with Crippen molar-refractivity contribution in [1.29, 1.82) is 0 Å². The molecule has 1 fully saturated rings. The molecule has 1 saturated heterocycles. The van der Waals surface area contributed by atoms with E-state index < -0.39 is 0 Å². The van der Waals surface area contributed by atoms with Gasteiger partial charge in [-0.2, -0.15) is 0 Å². The zero-order chi connectivity index (χ0) is 11.4. The fourth-order valence-electron chi connectivity index (χ4n) is 1.92. The second-order valence-electron chi connectivity index (χ2n) is 3.96. The van der Waals surface area contributed by atoms with Crippen molar-refractivity contribution < 1.29 is 4.79 Å². The third kappa shape index (κ3) is 2.32. The highest BCUT2D eigenvalue weighted by molar-refractivity contribution is 5.93. The molecular weight excluding hydrogens is 202 g/mol. The van der Waals surface area contributed by atoms with Crippen LogP contribution in [-0.2, 0) is 0 Å². The number of carbonyl (C=O) groups is 1. The molecule has 0 aliphatic carbocycles. The molecule has 0 unspecified atom stereocenters. The highest BCUT2D eigenvalue weighted by Gasteiger charge is 2.13. The molecule has 1 aromatic rings. The Kier molecular flexibility index (Phi) is 3.39. The van der Waals surface area contributed by atoms with E-state index in [4.69, 9.17) is 0 Å². The van der Waals surface area contributed by atoms with Gasteiger partial charge in [0.05, 0.1) is 5.56 Å². The first-order valence-electron chi connectivity index (χ1n) is 5.80. The first-order chi connectivity index (χ1) is 7.81. The van der Waals surface area contributed by atoms with E-state index in [0.29, 0.717) is 12.1 Å². The minimum atomic E-state index is -0.0528. The zero-order valence-corrected chi connectivity index (χ0v) is 9.57. The van der Waals surface area contributed by atoms with Crippen LogP contribution in [0.3, 0.4) is 0 Å². The lowest BCUT2D eigenvalue weighted by Gasteiger charge is -2.16. The highest BCUT2D eigenvalue weighted by atomic mass is 16.1. The second kappa shape index (κ2) is 4.96. The Morgan fingerprint density at radius 2 is 2.19 bits per heavy atom. The van der Waals surface area contributed by atoms with Crippen molar-refractivity contribution in [1.82, 2.24) is 10.3 Å². The number of hydrogen-bond donors (Lipinski definition) is 1. The number of amides is 1. The summed E-state index contributed by atoms with van der Waals surface area (Å²) in [5.41, 5.74) is 0.629. The number of nitrogens with zero attached hydrogens (tertiary/aromatic N) is 2. The minimum absolute atomic E-state index is 0.0528. The maximum atomic E-state index is 11.5. The van der Waals surface area contributed by atoms with Gasteiger partial charge in [-0.15, -0.1) is 0 Å². The summed E-state index contributed by atoms with van der Waals surface area (Å²) in [5, 5.41) is 2.76. The van der Waals surface area contributed by atoms with Crippen molar-refractivity contribution in [3.05, 3.63) is 23.9 Å². The highest BCUT2D eigenvalue weighted by Crippen LogP contribution is 2.17. The lowest BCUT2D eigenvalue weighted by atomic mass is 10.2. The summed E-state index contributed by atoms with van der Waals surface area (Å²) in [6.45, 7) is 4.71. The Balaban J connectivity index is 2.06. The molecule has 0 saturated carbocycles. The van der Waals surface area contributed by atoms with Gasteiger partial charge in [0, 0.05) is 25.8 Å². The van der Waals surface area contributed by atoms with Gasteiger partial charge in [0.15, 0.2) is 0 Å². The Bertz CT molecular complexity index is 355. The summed E-state index contributed by atoms with van der Waals surface area (Å²) in [6.07, 6.45) is 4.12. The minimum Gasteiger partial charge on any atom is -0.357 e. The predicted octanol–water partition coefficient (Wildman–Crippen LogP) is 1.43. The second-order valence-corrected chi connectivity index (χ2v) is 3.96. The topological polar surface area (TPSA) is 45.2 Å². The van der Waals surface area contributed by atoms with Crippen LogP contribution >= 0.6 is 0 Å². The predicted molar refractivity (Wildman–Crippen MR) is 63.7 cm³/mol. The Morgan fingerprint density at radius 1 is 1.44 bits per heavy atom. The van der Waals surface area contributed by atoms with Crippen molar-refractivity contribution in [3.8, 4) is 0 Å².